The molecule has 0 aliphatic carbocycles. The van der Waals surface area contributed by atoms with Gasteiger partial charge < -0.3 is 19.3 Å². The third kappa shape index (κ3) is 2.94. The zero-order chi connectivity index (χ0) is 12.3. The van der Waals surface area contributed by atoms with Crippen molar-refractivity contribution in [3.8, 4) is 5.75 Å². The lowest BCUT2D eigenvalue weighted by Gasteiger charge is -2.15. The normalized spacial score (nSPS) is 18.3. The van der Waals surface area contributed by atoms with Gasteiger partial charge in [-0.3, -0.25) is 0 Å². The average molecular weight is 242 g/mol. The Balaban J connectivity index is 2.02. The van der Waals surface area contributed by atoms with Crippen LogP contribution in [0.15, 0.2) is 18.2 Å². The number of hydrogen-bond acceptors (Lipinski definition) is 4. The van der Waals surface area contributed by atoms with E-state index < -0.39 is 18.2 Å². The minimum Gasteiger partial charge on any atom is -0.494 e. The Kier molecular flexibility index (Phi) is 3.93. The molecule has 0 spiro atoms. The Bertz CT molecular complexity index is 377. The fourth-order valence-electron chi connectivity index (χ4n) is 1.75. The van der Waals surface area contributed by atoms with E-state index in [0.717, 1.165) is 0 Å². The Hall–Kier alpha value is -1.17. The molecule has 1 aliphatic heterocycles. The van der Waals surface area contributed by atoms with Crippen LogP contribution in [-0.4, -0.2) is 31.7 Å². The molecule has 1 aliphatic rings. The summed E-state index contributed by atoms with van der Waals surface area (Å²) in [6.07, 6.45) is -0.917. The lowest BCUT2D eigenvalue weighted by Crippen LogP contribution is -2.13. The molecular formula is C12H15FO4. The summed E-state index contributed by atoms with van der Waals surface area (Å²) in [5.74, 6) is -0.327. The van der Waals surface area contributed by atoms with E-state index in [1.807, 2.05) is 0 Å². The van der Waals surface area contributed by atoms with Gasteiger partial charge in [-0.05, 0) is 17.7 Å². The molecular weight excluding hydrogens is 227 g/mol. The maximum absolute atomic E-state index is 13.4. The molecule has 1 unspecified atom stereocenters. The van der Waals surface area contributed by atoms with Crippen molar-refractivity contribution in [2.24, 2.45) is 0 Å². The molecule has 1 atom stereocenters. The molecule has 1 aromatic rings. The van der Waals surface area contributed by atoms with Crippen LogP contribution < -0.4 is 4.74 Å². The first kappa shape index (κ1) is 12.3. The Labute approximate surface area is 98.9 Å². The van der Waals surface area contributed by atoms with Gasteiger partial charge in [-0.15, -0.1) is 0 Å². The Morgan fingerprint density at radius 1 is 1.47 bits per heavy atom. The van der Waals surface area contributed by atoms with Gasteiger partial charge in [0.05, 0.1) is 26.4 Å². The summed E-state index contributed by atoms with van der Waals surface area (Å²) in [6, 6.07) is 4.38. The van der Waals surface area contributed by atoms with Gasteiger partial charge in [0, 0.05) is 6.42 Å². The molecule has 0 amide bonds. The van der Waals surface area contributed by atoms with Crippen LogP contribution >= 0.6 is 0 Å². The molecule has 5 heteroatoms. The predicted octanol–water partition coefficient (Wildman–Crippen LogP) is 1.63. The molecule has 0 radical (unpaired) electrons. The van der Waals surface area contributed by atoms with E-state index in [1.54, 1.807) is 6.07 Å². The van der Waals surface area contributed by atoms with Crippen molar-refractivity contribution in [3.05, 3.63) is 29.6 Å². The lowest BCUT2D eigenvalue weighted by molar-refractivity contribution is -0.0708. The Morgan fingerprint density at radius 3 is 2.76 bits per heavy atom. The van der Waals surface area contributed by atoms with E-state index in [1.165, 1.54) is 19.2 Å². The summed E-state index contributed by atoms with van der Waals surface area (Å²) < 4.78 is 28.7. The van der Waals surface area contributed by atoms with Gasteiger partial charge in [0.15, 0.2) is 17.9 Å². The third-order valence-corrected chi connectivity index (χ3v) is 2.67. The molecule has 1 saturated heterocycles. The number of ether oxygens (including phenoxy) is 3. The average Bonchev–Trinajstić information content (AvgIpc) is 2.81. The summed E-state index contributed by atoms with van der Waals surface area (Å²) in [7, 11) is 1.40. The minimum absolute atomic E-state index is 0.161. The van der Waals surface area contributed by atoms with Gasteiger partial charge in [0.25, 0.3) is 0 Å². The van der Waals surface area contributed by atoms with Crippen LogP contribution in [0.3, 0.4) is 0 Å². The van der Waals surface area contributed by atoms with E-state index in [2.05, 4.69) is 0 Å². The van der Waals surface area contributed by atoms with Gasteiger partial charge >= 0.3 is 0 Å². The first-order valence-electron chi connectivity index (χ1n) is 5.45. The lowest BCUT2D eigenvalue weighted by atomic mass is 10.1. The number of halogens is 1. The third-order valence-electron chi connectivity index (χ3n) is 2.67. The quantitative estimate of drug-likeness (QED) is 0.871. The highest BCUT2D eigenvalue weighted by Crippen LogP contribution is 2.26. The number of aliphatic hydroxyl groups is 1. The molecule has 1 heterocycles. The number of rotatable bonds is 4. The Morgan fingerprint density at radius 2 is 2.18 bits per heavy atom. The van der Waals surface area contributed by atoms with Crippen LogP contribution in [0.1, 0.15) is 18.1 Å². The zero-order valence-corrected chi connectivity index (χ0v) is 9.56. The van der Waals surface area contributed by atoms with Gasteiger partial charge in [-0.1, -0.05) is 6.07 Å². The molecule has 0 bridgehead atoms. The molecule has 94 valence electrons. The highest BCUT2D eigenvalue weighted by molar-refractivity contribution is 5.30. The van der Waals surface area contributed by atoms with Crippen molar-refractivity contribution < 1.29 is 23.7 Å². The molecule has 0 aromatic heterocycles. The largest absolute Gasteiger partial charge is 0.494 e. The van der Waals surface area contributed by atoms with Gasteiger partial charge in [0.2, 0.25) is 0 Å². The topological polar surface area (TPSA) is 47.9 Å². The summed E-state index contributed by atoms with van der Waals surface area (Å²) in [5.41, 5.74) is 0.488. The summed E-state index contributed by atoms with van der Waals surface area (Å²) >= 11 is 0. The molecule has 4 nitrogen and oxygen atoms in total. The molecule has 0 saturated carbocycles. The second-order valence-electron chi connectivity index (χ2n) is 3.82. The van der Waals surface area contributed by atoms with E-state index >= 15 is 0 Å². The van der Waals surface area contributed by atoms with Crippen molar-refractivity contribution >= 4 is 0 Å². The number of benzene rings is 1. The maximum atomic E-state index is 13.4. The maximum Gasteiger partial charge on any atom is 0.165 e. The van der Waals surface area contributed by atoms with Crippen LogP contribution in [0.4, 0.5) is 4.39 Å². The van der Waals surface area contributed by atoms with Gasteiger partial charge in [-0.2, -0.15) is 0 Å². The minimum atomic E-state index is -0.807. The van der Waals surface area contributed by atoms with E-state index in [9.17, 15) is 9.50 Å². The first-order valence-corrected chi connectivity index (χ1v) is 5.45. The van der Waals surface area contributed by atoms with Crippen LogP contribution in [0.25, 0.3) is 0 Å². The number of hydrogen-bond donors (Lipinski definition) is 1. The van der Waals surface area contributed by atoms with Gasteiger partial charge in [0.1, 0.15) is 0 Å². The van der Waals surface area contributed by atoms with Crippen LogP contribution in [0.5, 0.6) is 5.75 Å². The zero-order valence-electron chi connectivity index (χ0n) is 9.56. The SMILES string of the molecule is COc1ccc(C(O)CC2OCCO2)cc1F. The van der Waals surface area contributed by atoms with E-state index in [0.29, 0.717) is 25.2 Å². The summed E-state index contributed by atoms with van der Waals surface area (Å²) in [6.45, 7) is 1.07. The predicted molar refractivity (Wildman–Crippen MR) is 58.2 cm³/mol. The highest BCUT2D eigenvalue weighted by atomic mass is 19.1. The van der Waals surface area contributed by atoms with E-state index in [4.69, 9.17) is 14.2 Å². The van der Waals surface area contributed by atoms with Crippen molar-refractivity contribution in [1.82, 2.24) is 0 Å². The van der Waals surface area contributed by atoms with Crippen LogP contribution in [-0.2, 0) is 9.47 Å². The second kappa shape index (κ2) is 5.44. The fourth-order valence-corrected chi connectivity index (χ4v) is 1.75. The molecule has 17 heavy (non-hydrogen) atoms. The monoisotopic (exact) mass is 242 g/mol. The number of aliphatic hydroxyl groups excluding tert-OH is 1. The highest BCUT2D eigenvalue weighted by Gasteiger charge is 2.21. The molecule has 1 N–H and O–H groups in total. The van der Waals surface area contributed by atoms with E-state index in [-0.39, 0.29) is 5.75 Å². The van der Waals surface area contributed by atoms with Crippen molar-refractivity contribution in [2.45, 2.75) is 18.8 Å². The fraction of sp³-hybridized carbons (Fsp3) is 0.500. The smallest absolute Gasteiger partial charge is 0.165 e. The second-order valence-corrected chi connectivity index (χ2v) is 3.82. The van der Waals surface area contributed by atoms with Crippen molar-refractivity contribution in [2.75, 3.05) is 20.3 Å². The van der Waals surface area contributed by atoms with Crippen molar-refractivity contribution in [1.29, 1.82) is 0 Å². The van der Waals surface area contributed by atoms with Crippen molar-refractivity contribution in [3.63, 3.8) is 0 Å². The van der Waals surface area contributed by atoms with Gasteiger partial charge in [-0.25, -0.2) is 4.39 Å². The first-order chi connectivity index (χ1) is 8.20. The molecule has 2 rings (SSSR count). The molecule has 1 fully saturated rings. The van der Waals surface area contributed by atoms with Crippen LogP contribution in [0.2, 0.25) is 0 Å². The standard InChI is InChI=1S/C12H15FO4/c1-15-11-3-2-8(6-9(11)13)10(14)7-12-16-4-5-17-12/h2-3,6,10,12,14H,4-5,7H2,1H3. The molecule has 1 aromatic carbocycles. The summed E-state index contributed by atoms with van der Waals surface area (Å²) in [4.78, 5) is 0. The number of methoxy groups -OCH3 is 1. The van der Waals surface area contributed by atoms with Crippen LogP contribution in [0, 0.1) is 5.82 Å². The summed E-state index contributed by atoms with van der Waals surface area (Å²) in [5, 5.41) is 9.90.